The van der Waals surface area contributed by atoms with E-state index < -0.39 is 6.09 Å². The minimum atomic E-state index is -0.408. The van der Waals surface area contributed by atoms with Gasteiger partial charge in [-0.25, -0.2) is 4.79 Å². The van der Waals surface area contributed by atoms with Gasteiger partial charge in [0.1, 0.15) is 5.75 Å². The fourth-order valence-electron chi connectivity index (χ4n) is 1.95. The molecule has 0 aliphatic heterocycles. The maximum Gasteiger partial charge on any atom is 0.415 e. The molecule has 0 aliphatic rings. The van der Waals surface area contributed by atoms with Crippen LogP contribution in [-0.2, 0) is 16.0 Å². The van der Waals surface area contributed by atoms with E-state index >= 15 is 0 Å². The predicted octanol–water partition coefficient (Wildman–Crippen LogP) is 2.94. The summed E-state index contributed by atoms with van der Waals surface area (Å²) >= 11 is 0. The second kappa shape index (κ2) is 8.29. The number of ether oxygens (including phenoxy) is 2. The Morgan fingerprint density at radius 2 is 1.81 bits per heavy atom. The van der Waals surface area contributed by atoms with Gasteiger partial charge in [0, 0.05) is 18.7 Å². The second-order valence-corrected chi connectivity index (χ2v) is 4.63. The zero-order valence-electron chi connectivity index (χ0n) is 13.1. The van der Waals surface area contributed by atoms with E-state index in [2.05, 4.69) is 0 Å². The molecule has 0 radical (unpaired) electrons. The Morgan fingerprint density at radius 3 is 2.38 bits per heavy atom. The summed E-state index contributed by atoms with van der Waals surface area (Å²) in [7, 11) is 0. The van der Waals surface area contributed by atoms with Gasteiger partial charge >= 0.3 is 12.1 Å². The van der Waals surface area contributed by atoms with Crippen LogP contribution in [0.1, 0.15) is 31.9 Å². The van der Waals surface area contributed by atoms with E-state index in [-0.39, 0.29) is 12.4 Å². The molecule has 0 saturated heterocycles. The molecule has 0 unspecified atom stereocenters. The first kappa shape index (κ1) is 17.0. The Balaban J connectivity index is 2.91. The van der Waals surface area contributed by atoms with Crippen molar-refractivity contribution in [3.8, 4) is 5.75 Å². The Bertz CT molecular complexity index is 495. The summed E-state index contributed by atoms with van der Waals surface area (Å²) in [5, 5.41) is 0. The van der Waals surface area contributed by atoms with E-state index in [0.29, 0.717) is 31.0 Å². The highest BCUT2D eigenvalue weighted by molar-refractivity contribution is 5.75. The number of hydrogen-bond acceptors (Lipinski definition) is 4. The van der Waals surface area contributed by atoms with E-state index in [1.54, 1.807) is 17.9 Å². The number of aryl methyl sites for hydroxylation is 1. The minimum absolute atomic E-state index is 0.0936. The van der Waals surface area contributed by atoms with Crippen LogP contribution in [0.5, 0.6) is 5.75 Å². The third-order valence-corrected chi connectivity index (χ3v) is 3.08. The molecule has 0 bridgehead atoms. The van der Waals surface area contributed by atoms with Crippen molar-refractivity contribution in [2.75, 3.05) is 19.7 Å². The zero-order chi connectivity index (χ0) is 15.8. The normalized spacial score (nSPS) is 10.1. The number of carbonyl (C=O) groups excluding carboxylic acids is 2. The summed E-state index contributed by atoms with van der Waals surface area (Å²) < 4.78 is 10.3. The molecule has 1 aromatic rings. The van der Waals surface area contributed by atoms with Crippen molar-refractivity contribution in [3.63, 3.8) is 0 Å². The Hall–Kier alpha value is -2.04. The van der Waals surface area contributed by atoms with Crippen LogP contribution >= 0.6 is 0 Å². The van der Waals surface area contributed by atoms with Gasteiger partial charge in [0.05, 0.1) is 13.0 Å². The smallest absolute Gasteiger partial charge is 0.415 e. The van der Waals surface area contributed by atoms with Crippen LogP contribution in [0, 0.1) is 6.92 Å². The predicted molar refractivity (Wildman–Crippen MR) is 80.5 cm³/mol. The maximum absolute atomic E-state index is 12.0. The molecule has 0 heterocycles. The van der Waals surface area contributed by atoms with E-state index in [1.807, 2.05) is 32.9 Å². The van der Waals surface area contributed by atoms with Gasteiger partial charge in [-0.3, -0.25) is 4.79 Å². The van der Waals surface area contributed by atoms with Crippen molar-refractivity contribution >= 4 is 12.1 Å². The van der Waals surface area contributed by atoms with Crippen LogP contribution in [0.15, 0.2) is 18.2 Å². The van der Waals surface area contributed by atoms with Gasteiger partial charge in [0.2, 0.25) is 0 Å². The van der Waals surface area contributed by atoms with E-state index in [4.69, 9.17) is 9.47 Å². The molecular weight excluding hydrogens is 270 g/mol. The third kappa shape index (κ3) is 5.10. The molecule has 1 amide bonds. The molecule has 0 saturated carbocycles. The summed E-state index contributed by atoms with van der Waals surface area (Å²) in [4.78, 5) is 25.2. The van der Waals surface area contributed by atoms with Gasteiger partial charge in [-0.2, -0.15) is 0 Å². The van der Waals surface area contributed by atoms with Crippen LogP contribution in [-0.4, -0.2) is 36.7 Å². The van der Waals surface area contributed by atoms with E-state index in [1.165, 1.54) is 0 Å². The quantitative estimate of drug-likeness (QED) is 0.757. The standard InChI is InChI=1S/C16H23NO4/c1-5-17(6-2)16(19)21-14-9-8-12(4)10-13(14)11-15(18)20-7-3/h8-10H,5-7,11H2,1-4H3. The lowest BCUT2D eigenvalue weighted by Gasteiger charge is -2.19. The number of carbonyl (C=O) groups is 2. The first-order valence-corrected chi connectivity index (χ1v) is 7.23. The Morgan fingerprint density at radius 1 is 1.14 bits per heavy atom. The van der Waals surface area contributed by atoms with Crippen molar-refractivity contribution in [1.82, 2.24) is 4.90 Å². The topological polar surface area (TPSA) is 55.8 Å². The average molecular weight is 293 g/mol. The molecule has 1 aromatic carbocycles. The Labute approximate surface area is 125 Å². The van der Waals surface area contributed by atoms with Crippen molar-refractivity contribution in [2.24, 2.45) is 0 Å². The number of nitrogens with zero attached hydrogens (tertiary/aromatic N) is 1. The molecule has 5 heteroatoms. The molecule has 5 nitrogen and oxygen atoms in total. The summed E-state index contributed by atoms with van der Waals surface area (Å²) in [6.45, 7) is 8.95. The maximum atomic E-state index is 12.0. The van der Waals surface area contributed by atoms with Crippen LogP contribution in [0.3, 0.4) is 0 Å². The number of amides is 1. The first-order chi connectivity index (χ1) is 10.0. The van der Waals surface area contributed by atoms with Gasteiger partial charge in [-0.05, 0) is 33.8 Å². The molecule has 0 fully saturated rings. The number of benzene rings is 1. The van der Waals surface area contributed by atoms with Gasteiger partial charge in [-0.1, -0.05) is 17.7 Å². The summed E-state index contributed by atoms with van der Waals surface area (Å²) in [5.41, 5.74) is 1.66. The molecule has 0 atom stereocenters. The highest BCUT2D eigenvalue weighted by atomic mass is 16.6. The lowest BCUT2D eigenvalue weighted by atomic mass is 10.1. The summed E-state index contributed by atoms with van der Waals surface area (Å²) in [6, 6.07) is 5.40. The van der Waals surface area contributed by atoms with Gasteiger partial charge < -0.3 is 14.4 Å². The van der Waals surface area contributed by atoms with Gasteiger partial charge in [0.15, 0.2) is 0 Å². The zero-order valence-corrected chi connectivity index (χ0v) is 13.1. The second-order valence-electron chi connectivity index (χ2n) is 4.63. The number of hydrogen-bond donors (Lipinski definition) is 0. The van der Waals surface area contributed by atoms with Gasteiger partial charge in [-0.15, -0.1) is 0 Å². The summed E-state index contributed by atoms with van der Waals surface area (Å²) in [5.74, 6) is 0.0776. The molecule has 1 rings (SSSR count). The fraction of sp³-hybridized carbons (Fsp3) is 0.500. The van der Waals surface area contributed by atoms with Gasteiger partial charge in [0.25, 0.3) is 0 Å². The Kier molecular flexibility index (Phi) is 6.72. The molecule has 21 heavy (non-hydrogen) atoms. The molecule has 0 aromatic heterocycles. The van der Waals surface area contributed by atoms with Crippen molar-refractivity contribution in [3.05, 3.63) is 29.3 Å². The minimum Gasteiger partial charge on any atom is -0.466 e. The lowest BCUT2D eigenvalue weighted by Crippen LogP contribution is -2.33. The van der Waals surface area contributed by atoms with E-state index in [0.717, 1.165) is 5.56 Å². The monoisotopic (exact) mass is 293 g/mol. The van der Waals surface area contributed by atoms with Crippen LogP contribution in [0.2, 0.25) is 0 Å². The van der Waals surface area contributed by atoms with Crippen LogP contribution < -0.4 is 4.74 Å². The highest BCUT2D eigenvalue weighted by Crippen LogP contribution is 2.22. The highest BCUT2D eigenvalue weighted by Gasteiger charge is 2.16. The van der Waals surface area contributed by atoms with Crippen molar-refractivity contribution in [1.29, 1.82) is 0 Å². The summed E-state index contributed by atoms with van der Waals surface area (Å²) in [6.07, 6.45) is -0.315. The molecule has 0 aliphatic carbocycles. The average Bonchev–Trinajstić information content (AvgIpc) is 2.43. The number of esters is 1. The van der Waals surface area contributed by atoms with Crippen molar-refractivity contribution in [2.45, 2.75) is 34.1 Å². The SMILES string of the molecule is CCOC(=O)Cc1cc(C)ccc1OC(=O)N(CC)CC. The molecule has 116 valence electrons. The first-order valence-electron chi connectivity index (χ1n) is 7.23. The van der Waals surface area contributed by atoms with Crippen molar-refractivity contribution < 1.29 is 19.1 Å². The van der Waals surface area contributed by atoms with E-state index in [9.17, 15) is 9.59 Å². The molecule has 0 spiro atoms. The fourth-order valence-corrected chi connectivity index (χ4v) is 1.95. The molecule has 0 N–H and O–H groups in total. The lowest BCUT2D eigenvalue weighted by molar-refractivity contribution is -0.142. The third-order valence-electron chi connectivity index (χ3n) is 3.08. The van der Waals surface area contributed by atoms with Crippen LogP contribution in [0.25, 0.3) is 0 Å². The number of rotatable bonds is 6. The van der Waals surface area contributed by atoms with Crippen LogP contribution in [0.4, 0.5) is 4.79 Å². The largest absolute Gasteiger partial charge is 0.466 e. The molecular formula is C16H23NO4.